The summed E-state index contributed by atoms with van der Waals surface area (Å²) in [5, 5.41) is 16.5. The fourth-order valence-electron chi connectivity index (χ4n) is 3.14. The zero-order valence-corrected chi connectivity index (χ0v) is 11.8. The molecule has 0 saturated heterocycles. The molecular formula is C15H23N3O2. The van der Waals surface area contributed by atoms with Gasteiger partial charge in [-0.25, -0.2) is 0 Å². The second-order valence-corrected chi connectivity index (χ2v) is 6.05. The van der Waals surface area contributed by atoms with Crippen LogP contribution in [-0.4, -0.2) is 33.4 Å². The van der Waals surface area contributed by atoms with Crippen molar-refractivity contribution in [1.29, 1.82) is 0 Å². The molecule has 1 aromatic heterocycles. The Hall–Kier alpha value is -1.36. The van der Waals surface area contributed by atoms with E-state index >= 15 is 0 Å². The number of nitrogens with one attached hydrogen (secondary N) is 1. The Balaban J connectivity index is 1.61. The smallest absolute Gasteiger partial charge is 0.272 e. The van der Waals surface area contributed by atoms with Crippen LogP contribution in [0.4, 0.5) is 0 Å². The SMILES string of the molecule is O=C(NC(CCO)C1CC1)c1ccn(C2CCCC2)n1. The molecule has 1 atom stereocenters. The van der Waals surface area contributed by atoms with Crippen LogP contribution in [0.2, 0.25) is 0 Å². The van der Waals surface area contributed by atoms with Crippen LogP contribution in [0.25, 0.3) is 0 Å². The predicted octanol–water partition coefficient (Wildman–Crippen LogP) is 1.89. The number of aliphatic hydroxyl groups excluding tert-OH is 1. The third-order valence-corrected chi connectivity index (χ3v) is 4.49. The van der Waals surface area contributed by atoms with Gasteiger partial charge in [-0.15, -0.1) is 0 Å². The molecule has 5 heteroatoms. The van der Waals surface area contributed by atoms with Gasteiger partial charge in [0.15, 0.2) is 0 Å². The first-order valence-corrected chi connectivity index (χ1v) is 7.75. The lowest BCUT2D eigenvalue weighted by Crippen LogP contribution is -2.37. The van der Waals surface area contributed by atoms with Crippen molar-refractivity contribution < 1.29 is 9.90 Å². The zero-order valence-electron chi connectivity index (χ0n) is 11.8. The Morgan fingerprint density at radius 2 is 2.15 bits per heavy atom. The van der Waals surface area contributed by atoms with E-state index < -0.39 is 0 Å². The number of hydrogen-bond acceptors (Lipinski definition) is 3. The van der Waals surface area contributed by atoms with Gasteiger partial charge in [-0.3, -0.25) is 9.48 Å². The first-order chi connectivity index (χ1) is 9.78. The van der Waals surface area contributed by atoms with Gasteiger partial charge >= 0.3 is 0 Å². The molecule has 3 rings (SSSR count). The van der Waals surface area contributed by atoms with E-state index in [1.54, 1.807) is 6.07 Å². The van der Waals surface area contributed by atoms with Gasteiger partial charge in [0.1, 0.15) is 5.69 Å². The van der Waals surface area contributed by atoms with E-state index in [4.69, 9.17) is 5.11 Å². The van der Waals surface area contributed by atoms with Crippen molar-refractivity contribution in [1.82, 2.24) is 15.1 Å². The van der Waals surface area contributed by atoms with Crippen molar-refractivity contribution in [2.75, 3.05) is 6.61 Å². The third kappa shape index (κ3) is 3.03. The minimum absolute atomic E-state index is 0.101. The molecule has 110 valence electrons. The Morgan fingerprint density at radius 3 is 2.80 bits per heavy atom. The molecule has 0 bridgehead atoms. The Kier molecular flexibility index (Phi) is 4.05. The number of carbonyl (C=O) groups excluding carboxylic acids is 1. The van der Waals surface area contributed by atoms with Gasteiger partial charge in [-0.05, 0) is 44.1 Å². The summed E-state index contributed by atoms with van der Waals surface area (Å²) in [5.74, 6) is 0.440. The second-order valence-electron chi connectivity index (χ2n) is 6.05. The standard InChI is InChI=1S/C15H23N3O2/c19-10-8-13(11-5-6-11)16-15(20)14-7-9-18(17-14)12-3-1-2-4-12/h7,9,11-13,19H,1-6,8,10H2,(H,16,20). The Bertz CT molecular complexity index is 461. The van der Waals surface area contributed by atoms with Crippen molar-refractivity contribution in [3.63, 3.8) is 0 Å². The van der Waals surface area contributed by atoms with Crippen LogP contribution in [-0.2, 0) is 0 Å². The highest BCUT2D eigenvalue weighted by Crippen LogP contribution is 2.34. The molecule has 2 N–H and O–H groups in total. The van der Waals surface area contributed by atoms with Gasteiger partial charge in [0.25, 0.3) is 5.91 Å². The summed E-state index contributed by atoms with van der Waals surface area (Å²) >= 11 is 0. The van der Waals surface area contributed by atoms with Crippen LogP contribution in [0.5, 0.6) is 0 Å². The second kappa shape index (κ2) is 5.95. The number of aromatic nitrogens is 2. The highest BCUT2D eigenvalue weighted by atomic mass is 16.3. The highest BCUT2D eigenvalue weighted by molar-refractivity contribution is 5.92. The monoisotopic (exact) mass is 277 g/mol. The van der Waals surface area contributed by atoms with Crippen LogP contribution in [0.3, 0.4) is 0 Å². The molecule has 1 aromatic rings. The maximum atomic E-state index is 12.2. The number of rotatable bonds is 6. The van der Waals surface area contributed by atoms with Gasteiger partial charge in [-0.2, -0.15) is 5.10 Å². The molecule has 1 heterocycles. The van der Waals surface area contributed by atoms with E-state index in [1.807, 2.05) is 10.9 Å². The van der Waals surface area contributed by atoms with Gasteiger partial charge in [0.05, 0.1) is 6.04 Å². The van der Waals surface area contributed by atoms with Crippen molar-refractivity contribution in [3.8, 4) is 0 Å². The first kappa shape index (κ1) is 13.6. The predicted molar refractivity (Wildman–Crippen MR) is 75.4 cm³/mol. The van der Waals surface area contributed by atoms with Crippen LogP contribution < -0.4 is 5.32 Å². The molecule has 0 spiro atoms. The number of amides is 1. The minimum Gasteiger partial charge on any atom is -0.396 e. The third-order valence-electron chi connectivity index (χ3n) is 4.49. The minimum atomic E-state index is -0.105. The number of aliphatic hydroxyl groups is 1. The van der Waals surface area contributed by atoms with E-state index in [0.29, 0.717) is 24.1 Å². The molecule has 2 aliphatic rings. The van der Waals surface area contributed by atoms with Gasteiger partial charge in [0, 0.05) is 18.8 Å². The summed E-state index contributed by atoms with van der Waals surface area (Å²) in [6.07, 6.45) is 9.71. The van der Waals surface area contributed by atoms with Crippen LogP contribution in [0.1, 0.15) is 61.5 Å². The number of nitrogens with zero attached hydrogens (tertiary/aromatic N) is 2. The molecule has 2 fully saturated rings. The van der Waals surface area contributed by atoms with Gasteiger partial charge in [-0.1, -0.05) is 12.8 Å². The largest absolute Gasteiger partial charge is 0.396 e. The average Bonchev–Trinajstić information content (AvgIpc) is 2.94. The highest BCUT2D eigenvalue weighted by Gasteiger charge is 2.32. The van der Waals surface area contributed by atoms with E-state index in [9.17, 15) is 4.79 Å². The molecule has 0 aromatic carbocycles. The molecule has 20 heavy (non-hydrogen) atoms. The molecular weight excluding hydrogens is 254 g/mol. The fraction of sp³-hybridized carbons (Fsp3) is 0.733. The van der Waals surface area contributed by atoms with Crippen molar-refractivity contribution in [3.05, 3.63) is 18.0 Å². The molecule has 5 nitrogen and oxygen atoms in total. The Labute approximate surface area is 119 Å². The van der Waals surface area contributed by atoms with Crippen molar-refractivity contribution >= 4 is 5.91 Å². The van der Waals surface area contributed by atoms with Crippen molar-refractivity contribution in [2.45, 2.75) is 57.0 Å². The lowest BCUT2D eigenvalue weighted by Gasteiger charge is -2.16. The Morgan fingerprint density at radius 1 is 1.40 bits per heavy atom. The maximum Gasteiger partial charge on any atom is 0.272 e. The molecule has 0 aliphatic heterocycles. The lowest BCUT2D eigenvalue weighted by molar-refractivity contribution is 0.0918. The summed E-state index contributed by atoms with van der Waals surface area (Å²) in [7, 11) is 0. The van der Waals surface area contributed by atoms with E-state index in [2.05, 4.69) is 10.4 Å². The van der Waals surface area contributed by atoms with Crippen LogP contribution in [0, 0.1) is 5.92 Å². The molecule has 0 radical (unpaired) electrons. The number of hydrogen-bond donors (Lipinski definition) is 2. The number of carbonyl (C=O) groups is 1. The normalized spacial score (nSPS) is 21.1. The molecule has 2 saturated carbocycles. The van der Waals surface area contributed by atoms with E-state index in [1.165, 1.54) is 12.8 Å². The van der Waals surface area contributed by atoms with Crippen molar-refractivity contribution in [2.24, 2.45) is 5.92 Å². The van der Waals surface area contributed by atoms with Crippen LogP contribution >= 0.6 is 0 Å². The van der Waals surface area contributed by atoms with Gasteiger partial charge in [0.2, 0.25) is 0 Å². The summed E-state index contributed by atoms with van der Waals surface area (Å²) in [6, 6.07) is 2.37. The molecule has 2 aliphatic carbocycles. The summed E-state index contributed by atoms with van der Waals surface area (Å²) in [5.41, 5.74) is 0.500. The molecule has 1 unspecified atom stereocenters. The summed E-state index contributed by atoms with van der Waals surface area (Å²) in [4.78, 5) is 12.2. The van der Waals surface area contributed by atoms with E-state index in [0.717, 1.165) is 25.7 Å². The summed E-state index contributed by atoms with van der Waals surface area (Å²) < 4.78 is 1.94. The topological polar surface area (TPSA) is 67.2 Å². The zero-order chi connectivity index (χ0) is 13.9. The lowest BCUT2D eigenvalue weighted by atomic mass is 10.1. The fourth-order valence-corrected chi connectivity index (χ4v) is 3.14. The maximum absolute atomic E-state index is 12.2. The molecule has 1 amide bonds. The van der Waals surface area contributed by atoms with E-state index in [-0.39, 0.29) is 18.6 Å². The quantitative estimate of drug-likeness (QED) is 0.834. The average molecular weight is 277 g/mol. The van der Waals surface area contributed by atoms with Gasteiger partial charge < -0.3 is 10.4 Å². The first-order valence-electron chi connectivity index (χ1n) is 7.75. The van der Waals surface area contributed by atoms with Crippen LogP contribution in [0.15, 0.2) is 12.3 Å². The summed E-state index contributed by atoms with van der Waals surface area (Å²) in [6.45, 7) is 0.123.